The van der Waals surface area contributed by atoms with E-state index in [-0.39, 0.29) is 42.2 Å². The van der Waals surface area contributed by atoms with Crippen LogP contribution >= 0.6 is 0 Å². The smallest absolute Gasteiger partial charge is 0.355 e. The van der Waals surface area contributed by atoms with Gasteiger partial charge in [-0.3, -0.25) is 9.59 Å². The summed E-state index contributed by atoms with van der Waals surface area (Å²) in [6, 6.07) is 21.9. The second-order valence-corrected chi connectivity index (χ2v) is 13.1. The SMILES string of the molecule is Cc1cc(COc2ccc3nc4ccc(=O)cc-4oc3c2)ccc1OC/C=C/C1=C(C(=O)OCc2ccc(N=[N+]=[N-])cc2)N2C(=O)[C@H]([C@@H](C)O)[C@H]2[C@H]1C. The normalized spacial score (nSPS) is 18.5. The number of ether oxygens (including phenoxy) is 3. The number of aliphatic hydroxyl groups excluding tert-OH is 1. The van der Waals surface area contributed by atoms with Crippen molar-refractivity contribution < 1.29 is 33.3 Å². The average molecular weight is 714 g/mol. The second kappa shape index (κ2) is 14.7. The predicted molar refractivity (Wildman–Crippen MR) is 194 cm³/mol. The number of carbonyl (C=O) groups excluding carboxylic acids is 2. The van der Waals surface area contributed by atoms with E-state index in [1.54, 1.807) is 55.5 Å². The van der Waals surface area contributed by atoms with Crippen LogP contribution in [0.5, 0.6) is 11.5 Å². The highest BCUT2D eigenvalue weighted by Crippen LogP contribution is 2.47. The van der Waals surface area contributed by atoms with E-state index < -0.39 is 18.0 Å². The molecule has 3 heterocycles. The monoisotopic (exact) mass is 713 g/mol. The van der Waals surface area contributed by atoms with Crippen LogP contribution in [0.4, 0.5) is 5.69 Å². The number of aromatic nitrogens is 1. The van der Waals surface area contributed by atoms with Crippen molar-refractivity contribution in [3.05, 3.63) is 140 Å². The summed E-state index contributed by atoms with van der Waals surface area (Å²) in [5.41, 5.74) is 14.0. The van der Waals surface area contributed by atoms with Crippen LogP contribution < -0.4 is 14.9 Å². The topological polar surface area (TPSA) is 177 Å². The Morgan fingerprint density at radius 3 is 2.58 bits per heavy atom. The largest absolute Gasteiger partial charge is 0.489 e. The van der Waals surface area contributed by atoms with Gasteiger partial charge in [-0.2, -0.15) is 0 Å². The summed E-state index contributed by atoms with van der Waals surface area (Å²) in [5.74, 6) is -0.133. The number of azide groups is 1. The number of allylic oxidation sites excluding steroid dienone is 1. The minimum atomic E-state index is -0.864. The van der Waals surface area contributed by atoms with Gasteiger partial charge in [0.25, 0.3) is 0 Å². The zero-order valence-corrected chi connectivity index (χ0v) is 29.1. The molecule has 4 atom stereocenters. The number of esters is 1. The minimum Gasteiger partial charge on any atom is -0.489 e. The van der Waals surface area contributed by atoms with E-state index in [4.69, 9.17) is 24.2 Å². The van der Waals surface area contributed by atoms with Crippen LogP contribution in [-0.2, 0) is 27.5 Å². The summed E-state index contributed by atoms with van der Waals surface area (Å²) < 4.78 is 23.6. The first-order valence-corrected chi connectivity index (χ1v) is 17.0. The van der Waals surface area contributed by atoms with Crippen LogP contribution in [0.25, 0.3) is 33.0 Å². The van der Waals surface area contributed by atoms with E-state index in [1.807, 2.05) is 44.2 Å². The Hall–Kier alpha value is -6.43. The molecule has 7 rings (SSSR count). The first-order chi connectivity index (χ1) is 25.6. The van der Waals surface area contributed by atoms with Gasteiger partial charge in [0, 0.05) is 28.6 Å². The third kappa shape index (κ3) is 7.08. The van der Waals surface area contributed by atoms with Crippen molar-refractivity contribution in [1.29, 1.82) is 0 Å². The molecule has 1 fully saturated rings. The molecule has 13 nitrogen and oxygen atoms in total. The van der Waals surface area contributed by atoms with E-state index in [0.29, 0.717) is 57.5 Å². The molecule has 53 heavy (non-hydrogen) atoms. The van der Waals surface area contributed by atoms with Crippen molar-refractivity contribution in [2.45, 2.75) is 46.1 Å². The maximum atomic E-state index is 13.5. The molecule has 268 valence electrons. The Bertz CT molecular complexity index is 2360. The average Bonchev–Trinajstić information content (AvgIpc) is 3.38. The van der Waals surface area contributed by atoms with Crippen LogP contribution in [0.2, 0.25) is 0 Å². The van der Waals surface area contributed by atoms with E-state index >= 15 is 0 Å². The fourth-order valence-corrected chi connectivity index (χ4v) is 6.85. The summed E-state index contributed by atoms with van der Waals surface area (Å²) in [6.45, 7) is 5.89. The molecule has 13 heteroatoms. The zero-order valence-electron chi connectivity index (χ0n) is 29.1. The molecule has 0 radical (unpaired) electrons. The fraction of sp³-hybridized carbons (Fsp3) is 0.250. The molecular weight excluding hydrogens is 678 g/mol. The fourth-order valence-electron chi connectivity index (χ4n) is 6.85. The molecule has 3 aromatic rings. The number of aliphatic hydroxyl groups is 1. The molecule has 1 saturated heterocycles. The summed E-state index contributed by atoms with van der Waals surface area (Å²) in [5, 5.41) is 13.9. The van der Waals surface area contributed by atoms with Crippen molar-refractivity contribution >= 4 is 28.7 Å². The Morgan fingerprint density at radius 1 is 1.04 bits per heavy atom. The van der Waals surface area contributed by atoms with Gasteiger partial charge in [-0.15, -0.1) is 0 Å². The molecule has 1 N–H and O–H groups in total. The van der Waals surface area contributed by atoms with Gasteiger partial charge in [-0.1, -0.05) is 48.4 Å². The lowest BCUT2D eigenvalue weighted by molar-refractivity contribution is -0.164. The molecule has 1 amide bonds. The molecule has 0 bridgehead atoms. The number of carbonyl (C=O) groups is 2. The summed E-state index contributed by atoms with van der Waals surface area (Å²) in [7, 11) is 0. The lowest BCUT2D eigenvalue weighted by Gasteiger charge is -2.46. The van der Waals surface area contributed by atoms with Gasteiger partial charge in [0.2, 0.25) is 5.91 Å². The van der Waals surface area contributed by atoms with Gasteiger partial charge < -0.3 is 28.6 Å². The van der Waals surface area contributed by atoms with Crippen LogP contribution in [0.1, 0.15) is 30.5 Å². The highest BCUT2D eigenvalue weighted by Gasteiger charge is 2.59. The van der Waals surface area contributed by atoms with Crippen molar-refractivity contribution in [1.82, 2.24) is 9.88 Å². The van der Waals surface area contributed by atoms with Crippen molar-refractivity contribution in [3.63, 3.8) is 0 Å². The number of amides is 1. The van der Waals surface area contributed by atoms with Crippen LogP contribution in [0.15, 0.2) is 117 Å². The zero-order chi connectivity index (χ0) is 37.2. The molecule has 0 aromatic heterocycles. The van der Waals surface area contributed by atoms with Crippen LogP contribution in [-0.4, -0.2) is 45.6 Å². The molecule has 4 aliphatic rings. The maximum Gasteiger partial charge on any atom is 0.355 e. The molecule has 3 aromatic carbocycles. The number of aryl methyl sites for hydroxylation is 1. The third-order valence-electron chi connectivity index (χ3n) is 9.49. The molecule has 1 aliphatic carbocycles. The van der Waals surface area contributed by atoms with E-state index in [2.05, 4.69) is 15.0 Å². The van der Waals surface area contributed by atoms with Crippen LogP contribution in [0, 0.1) is 18.8 Å². The van der Waals surface area contributed by atoms with Crippen molar-refractivity contribution in [2.75, 3.05) is 6.61 Å². The highest BCUT2D eigenvalue weighted by molar-refractivity contribution is 6.01. The molecule has 0 unspecified atom stereocenters. The van der Waals surface area contributed by atoms with E-state index in [0.717, 1.165) is 11.1 Å². The molecule has 3 aliphatic heterocycles. The van der Waals surface area contributed by atoms with Crippen molar-refractivity contribution in [3.8, 4) is 23.0 Å². The highest BCUT2D eigenvalue weighted by atomic mass is 16.5. The Labute approximate surface area is 303 Å². The number of benzene rings is 4. The number of fused-ring (bicyclic) bond motifs is 3. The van der Waals surface area contributed by atoms with Gasteiger partial charge in [0.15, 0.2) is 16.8 Å². The van der Waals surface area contributed by atoms with Gasteiger partial charge in [0.05, 0.1) is 18.1 Å². The molecular formula is C40H35N5O8. The minimum absolute atomic E-state index is 0.0443. The van der Waals surface area contributed by atoms with Gasteiger partial charge in [-0.25, -0.2) is 9.78 Å². The van der Waals surface area contributed by atoms with Gasteiger partial charge in [0.1, 0.15) is 48.2 Å². The predicted octanol–water partition coefficient (Wildman–Crippen LogP) is 6.91. The van der Waals surface area contributed by atoms with Crippen LogP contribution in [0.3, 0.4) is 0 Å². The Morgan fingerprint density at radius 2 is 1.83 bits per heavy atom. The standard InChI is InChI=1S/C40H35N5O8/c1-22-17-26(21-51-29-12-14-32-35(19-29)53-34-18-28(47)11-13-31(34)42-32)8-15-33(22)50-16-4-5-30-23(2)37-36(24(3)46)39(48)45(37)38(30)40(49)52-20-25-6-9-27(10-7-25)43-44-41/h4-15,17-19,23-24,36-37,46H,16,20-21H2,1-3H3/b5-4+/t23-,24+,36+,37+/m0/s1. The lowest BCUT2D eigenvalue weighted by Crippen LogP contribution is -2.63. The molecule has 0 spiro atoms. The first-order valence-electron chi connectivity index (χ1n) is 17.0. The first kappa shape index (κ1) is 35.0. The van der Waals surface area contributed by atoms with Gasteiger partial charge in [-0.05, 0) is 84.1 Å². The number of β-lactam (4-membered cyclic amide) rings is 1. The Balaban J connectivity index is 0.999. The number of nitrogens with zero attached hydrogens (tertiary/aromatic N) is 5. The summed E-state index contributed by atoms with van der Waals surface area (Å²) >= 11 is 0. The van der Waals surface area contributed by atoms with Gasteiger partial charge >= 0.3 is 5.97 Å². The lowest BCUT2D eigenvalue weighted by atomic mass is 9.78. The van der Waals surface area contributed by atoms with Crippen molar-refractivity contribution in [2.24, 2.45) is 17.0 Å². The van der Waals surface area contributed by atoms with E-state index in [1.165, 1.54) is 17.0 Å². The second-order valence-electron chi connectivity index (χ2n) is 13.1. The quantitative estimate of drug-likeness (QED) is 0.0359. The molecule has 0 saturated carbocycles. The third-order valence-corrected chi connectivity index (χ3v) is 9.49. The summed E-state index contributed by atoms with van der Waals surface area (Å²) in [6.07, 6.45) is 2.71. The number of hydrogen-bond donors (Lipinski definition) is 1. The number of hydrogen-bond acceptors (Lipinski definition) is 10. The van der Waals surface area contributed by atoms with E-state index in [9.17, 15) is 19.5 Å². The summed E-state index contributed by atoms with van der Waals surface area (Å²) in [4.78, 5) is 47.0. The number of rotatable bonds is 12. The maximum absolute atomic E-state index is 13.5. The Kier molecular flexibility index (Phi) is 9.68.